The predicted octanol–water partition coefficient (Wildman–Crippen LogP) is 1.65. The van der Waals surface area contributed by atoms with Crippen LogP contribution in [0.15, 0.2) is 11.4 Å². The smallest absolute Gasteiger partial charge is 0.303 e. The zero-order chi connectivity index (χ0) is 16.4. The number of piperazine rings is 1. The number of anilines is 1. The third kappa shape index (κ3) is 3.48. The molecule has 23 heavy (non-hydrogen) atoms. The number of nitrogens with zero attached hydrogens (tertiary/aromatic N) is 4. The van der Waals surface area contributed by atoms with Crippen LogP contribution >= 0.6 is 11.3 Å². The number of nitro groups is 1. The third-order valence-electron chi connectivity index (χ3n) is 4.69. The number of hydrogen-bond donors (Lipinski definition) is 0. The van der Waals surface area contributed by atoms with Crippen molar-refractivity contribution in [2.45, 2.75) is 12.8 Å². The Labute approximate surface area is 139 Å². The third-order valence-corrected chi connectivity index (χ3v) is 5.66. The molecule has 126 valence electrons. The fourth-order valence-corrected chi connectivity index (χ4v) is 4.22. The number of thiophene rings is 1. The van der Waals surface area contributed by atoms with Crippen LogP contribution in [-0.4, -0.2) is 66.9 Å². The van der Waals surface area contributed by atoms with Gasteiger partial charge in [-0.25, -0.2) is 0 Å². The fraction of sp³-hybridized carbons (Fsp3) is 0.667. The highest BCUT2D eigenvalue weighted by molar-refractivity contribution is 7.14. The van der Waals surface area contributed by atoms with Gasteiger partial charge in [0.15, 0.2) is 5.00 Å². The zero-order valence-corrected chi connectivity index (χ0v) is 14.1. The van der Waals surface area contributed by atoms with Crippen LogP contribution in [0.3, 0.4) is 0 Å². The highest BCUT2D eigenvalue weighted by Crippen LogP contribution is 2.36. The van der Waals surface area contributed by atoms with E-state index in [2.05, 4.69) is 11.9 Å². The number of rotatable bonds is 3. The van der Waals surface area contributed by atoms with E-state index in [0.717, 1.165) is 45.6 Å². The molecule has 2 aliphatic heterocycles. The van der Waals surface area contributed by atoms with Crippen molar-refractivity contribution in [2.75, 3.05) is 51.2 Å². The Morgan fingerprint density at radius 2 is 2.04 bits per heavy atom. The number of carbonyl (C=O) groups excluding carboxylic acids is 1. The van der Waals surface area contributed by atoms with Gasteiger partial charge in [0.2, 0.25) is 5.91 Å². The molecule has 1 atom stereocenters. The monoisotopic (exact) mass is 338 g/mol. The lowest BCUT2D eigenvalue weighted by Gasteiger charge is -2.38. The lowest BCUT2D eigenvalue weighted by atomic mass is 9.96. The minimum absolute atomic E-state index is 0.0474. The summed E-state index contributed by atoms with van der Waals surface area (Å²) in [4.78, 5) is 29.7. The van der Waals surface area contributed by atoms with Crippen LogP contribution in [0.2, 0.25) is 0 Å². The van der Waals surface area contributed by atoms with Crippen LogP contribution in [0.4, 0.5) is 10.7 Å². The summed E-state index contributed by atoms with van der Waals surface area (Å²) in [5, 5.41) is 13.6. The molecule has 1 amide bonds. The van der Waals surface area contributed by atoms with Crippen LogP contribution in [0.25, 0.3) is 0 Å². The number of amides is 1. The molecule has 1 aromatic rings. The molecule has 3 rings (SSSR count). The highest BCUT2D eigenvalue weighted by Gasteiger charge is 2.33. The SMILES string of the molecule is CN1CCN(C(=O)[C@H]2CCCN(c3sccc3[N+](=O)[O-])C2)CC1. The van der Waals surface area contributed by atoms with E-state index in [4.69, 9.17) is 0 Å². The average Bonchev–Trinajstić information content (AvgIpc) is 3.05. The van der Waals surface area contributed by atoms with Crippen molar-refractivity contribution in [3.63, 3.8) is 0 Å². The summed E-state index contributed by atoms with van der Waals surface area (Å²) >= 11 is 1.39. The van der Waals surface area contributed by atoms with Gasteiger partial charge < -0.3 is 14.7 Å². The summed E-state index contributed by atoms with van der Waals surface area (Å²) < 4.78 is 0. The molecule has 0 unspecified atom stereocenters. The van der Waals surface area contributed by atoms with Crippen LogP contribution in [-0.2, 0) is 4.79 Å². The standard InChI is InChI=1S/C15H22N4O3S/c1-16-6-8-17(9-7-16)14(20)12-3-2-5-18(11-12)15-13(19(21)22)4-10-23-15/h4,10,12H,2-3,5-9,11H2,1H3/t12-/m0/s1. The summed E-state index contributed by atoms with van der Waals surface area (Å²) in [6, 6.07) is 1.55. The topological polar surface area (TPSA) is 69.9 Å². The molecule has 2 fully saturated rings. The Morgan fingerprint density at radius 3 is 2.74 bits per heavy atom. The Hall–Kier alpha value is -1.67. The van der Waals surface area contributed by atoms with E-state index in [-0.39, 0.29) is 22.4 Å². The van der Waals surface area contributed by atoms with E-state index in [1.807, 2.05) is 9.80 Å². The molecule has 0 aromatic carbocycles. The summed E-state index contributed by atoms with van der Waals surface area (Å²) in [5.74, 6) is 0.163. The normalized spacial score (nSPS) is 23.1. The Morgan fingerprint density at radius 1 is 1.30 bits per heavy atom. The van der Waals surface area contributed by atoms with Crippen LogP contribution < -0.4 is 4.90 Å². The van der Waals surface area contributed by atoms with Gasteiger partial charge in [-0.1, -0.05) is 0 Å². The van der Waals surface area contributed by atoms with Crippen LogP contribution in [0, 0.1) is 16.0 Å². The Kier molecular flexibility index (Phi) is 4.82. The van der Waals surface area contributed by atoms with E-state index in [9.17, 15) is 14.9 Å². The van der Waals surface area contributed by atoms with Gasteiger partial charge in [0, 0.05) is 45.3 Å². The molecule has 2 aliphatic rings. The number of likely N-dealkylation sites (N-methyl/N-ethyl adjacent to an activating group) is 1. The van der Waals surface area contributed by atoms with Crippen molar-refractivity contribution in [2.24, 2.45) is 5.92 Å². The quantitative estimate of drug-likeness (QED) is 0.619. The van der Waals surface area contributed by atoms with Gasteiger partial charge in [-0.15, -0.1) is 11.3 Å². The predicted molar refractivity (Wildman–Crippen MR) is 90.0 cm³/mol. The van der Waals surface area contributed by atoms with E-state index < -0.39 is 0 Å². The second-order valence-corrected chi connectivity index (χ2v) is 7.18. The molecule has 0 spiro atoms. The van der Waals surface area contributed by atoms with Gasteiger partial charge in [-0.2, -0.15) is 0 Å². The Balaban J connectivity index is 1.67. The zero-order valence-electron chi connectivity index (χ0n) is 13.3. The first-order valence-corrected chi connectivity index (χ1v) is 8.88. The molecule has 0 bridgehead atoms. The van der Waals surface area contributed by atoms with E-state index in [0.29, 0.717) is 11.5 Å². The second-order valence-electron chi connectivity index (χ2n) is 6.28. The summed E-state index contributed by atoms with van der Waals surface area (Å²) in [7, 11) is 2.07. The fourth-order valence-electron chi connectivity index (χ4n) is 3.32. The van der Waals surface area contributed by atoms with Crippen molar-refractivity contribution in [3.8, 4) is 0 Å². The maximum atomic E-state index is 12.7. The molecule has 0 aliphatic carbocycles. The van der Waals surface area contributed by atoms with Gasteiger partial charge in [0.05, 0.1) is 10.8 Å². The summed E-state index contributed by atoms with van der Waals surface area (Å²) in [5.41, 5.74) is 0.155. The molecule has 0 radical (unpaired) electrons. The van der Waals surface area contributed by atoms with Crippen molar-refractivity contribution in [3.05, 3.63) is 21.6 Å². The Bertz CT molecular complexity index is 583. The average molecular weight is 338 g/mol. The lowest BCUT2D eigenvalue weighted by molar-refractivity contribution is -0.383. The first-order chi connectivity index (χ1) is 11.1. The number of hydrogen-bond acceptors (Lipinski definition) is 6. The van der Waals surface area contributed by atoms with Crippen molar-refractivity contribution in [1.82, 2.24) is 9.80 Å². The molecule has 7 nitrogen and oxygen atoms in total. The van der Waals surface area contributed by atoms with Gasteiger partial charge >= 0.3 is 5.69 Å². The van der Waals surface area contributed by atoms with Crippen LogP contribution in [0.5, 0.6) is 0 Å². The van der Waals surface area contributed by atoms with E-state index in [1.165, 1.54) is 11.3 Å². The molecule has 0 N–H and O–H groups in total. The highest BCUT2D eigenvalue weighted by atomic mass is 32.1. The lowest BCUT2D eigenvalue weighted by Crippen LogP contribution is -2.51. The number of piperidine rings is 1. The first kappa shape index (κ1) is 16.2. The molecule has 1 aromatic heterocycles. The molecule has 3 heterocycles. The number of carbonyl (C=O) groups is 1. The molecule has 0 saturated carbocycles. The molecule has 2 saturated heterocycles. The van der Waals surface area contributed by atoms with E-state index >= 15 is 0 Å². The van der Waals surface area contributed by atoms with Gasteiger partial charge in [-0.05, 0) is 25.3 Å². The van der Waals surface area contributed by atoms with Gasteiger partial charge in [-0.3, -0.25) is 14.9 Å². The first-order valence-electron chi connectivity index (χ1n) is 8.00. The minimum Gasteiger partial charge on any atom is -0.357 e. The van der Waals surface area contributed by atoms with E-state index in [1.54, 1.807) is 11.4 Å². The summed E-state index contributed by atoms with van der Waals surface area (Å²) in [6.07, 6.45) is 1.78. The second kappa shape index (κ2) is 6.84. The van der Waals surface area contributed by atoms with Gasteiger partial charge in [0.1, 0.15) is 0 Å². The van der Waals surface area contributed by atoms with Crippen molar-refractivity contribution >= 4 is 27.9 Å². The molecular formula is C15H22N4O3S. The molecular weight excluding hydrogens is 316 g/mol. The van der Waals surface area contributed by atoms with Gasteiger partial charge in [0.25, 0.3) is 0 Å². The van der Waals surface area contributed by atoms with Crippen LogP contribution in [0.1, 0.15) is 12.8 Å². The molecule has 8 heteroatoms. The summed E-state index contributed by atoms with van der Waals surface area (Å²) in [6.45, 7) is 4.77. The maximum absolute atomic E-state index is 12.7. The minimum atomic E-state index is -0.336. The van der Waals surface area contributed by atoms with Crippen molar-refractivity contribution in [1.29, 1.82) is 0 Å². The largest absolute Gasteiger partial charge is 0.357 e. The van der Waals surface area contributed by atoms with Crippen molar-refractivity contribution < 1.29 is 9.72 Å². The maximum Gasteiger partial charge on any atom is 0.303 e.